The number of methoxy groups -OCH3 is 2. The van der Waals surface area contributed by atoms with Gasteiger partial charge in [0.25, 0.3) is 11.7 Å². The number of rotatable bonds is 6. The number of aliphatic hydroxyl groups excluding tert-OH is 1. The van der Waals surface area contributed by atoms with Crippen LogP contribution in [0.5, 0.6) is 11.5 Å². The Hall–Kier alpha value is -3.39. The fourth-order valence-electron chi connectivity index (χ4n) is 4.26. The molecule has 1 atom stereocenters. The molecule has 37 heavy (non-hydrogen) atoms. The molecule has 1 saturated heterocycles. The molecule has 1 aliphatic rings. The smallest absolute Gasteiger partial charge is 0.300 e. The summed E-state index contributed by atoms with van der Waals surface area (Å²) in [7, 11) is 6.65. The summed E-state index contributed by atoms with van der Waals surface area (Å²) in [6.45, 7) is 0. The Morgan fingerprint density at radius 3 is 2.16 bits per heavy atom. The van der Waals surface area contributed by atoms with Gasteiger partial charge >= 0.3 is 0 Å². The first-order valence-electron chi connectivity index (χ1n) is 11.0. The van der Waals surface area contributed by atoms with Crippen LogP contribution >= 0.6 is 34.8 Å². The number of amides is 1. The summed E-state index contributed by atoms with van der Waals surface area (Å²) in [6.07, 6.45) is 0. The van der Waals surface area contributed by atoms with Gasteiger partial charge in [-0.15, -0.1) is 0 Å². The lowest BCUT2D eigenvalue weighted by Gasteiger charge is -2.26. The van der Waals surface area contributed by atoms with E-state index in [1.165, 1.54) is 37.3 Å². The number of carbonyl (C=O) groups excluding carboxylic acids is 2. The van der Waals surface area contributed by atoms with Gasteiger partial charge in [0.15, 0.2) is 0 Å². The van der Waals surface area contributed by atoms with Crippen LogP contribution in [0.15, 0.2) is 60.2 Å². The molecule has 1 unspecified atom stereocenters. The van der Waals surface area contributed by atoms with Gasteiger partial charge in [-0.3, -0.25) is 14.5 Å². The highest BCUT2D eigenvalue weighted by atomic mass is 35.5. The van der Waals surface area contributed by atoms with Gasteiger partial charge in [0.1, 0.15) is 17.3 Å². The second-order valence-corrected chi connectivity index (χ2v) is 9.69. The third-order valence-corrected chi connectivity index (χ3v) is 6.85. The molecule has 0 aliphatic carbocycles. The number of halogens is 3. The van der Waals surface area contributed by atoms with Crippen LogP contribution in [-0.4, -0.2) is 45.1 Å². The number of anilines is 2. The third-order valence-electron chi connectivity index (χ3n) is 6.05. The summed E-state index contributed by atoms with van der Waals surface area (Å²) < 4.78 is 10.6. The van der Waals surface area contributed by atoms with Crippen molar-refractivity contribution in [2.75, 3.05) is 38.1 Å². The van der Waals surface area contributed by atoms with E-state index >= 15 is 0 Å². The minimum Gasteiger partial charge on any atom is -0.507 e. The number of nitrogens with zero attached hydrogens (tertiary/aromatic N) is 2. The molecule has 1 N–H and O–H groups in total. The van der Waals surface area contributed by atoms with Gasteiger partial charge in [0, 0.05) is 30.5 Å². The lowest BCUT2D eigenvalue weighted by atomic mass is 9.94. The standard InChI is InChI=1S/C27H23Cl3N2O5/c1-31(2)16-7-5-14(6-8-16)23-22(24(33)18-11-15(28)12-20(30)26(18)37-4)25(34)27(35)32(23)17-9-10-21(36-3)19(29)13-17/h5-13,23,33H,1-4H3/b24-22+. The highest BCUT2D eigenvalue weighted by Gasteiger charge is 2.47. The van der Waals surface area contributed by atoms with Crippen molar-refractivity contribution in [1.82, 2.24) is 0 Å². The first-order chi connectivity index (χ1) is 17.6. The molecular weight excluding hydrogens is 539 g/mol. The summed E-state index contributed by atoms with van der Waals surface area (Å²) >= 11 is 18.8. The van der Waals surface area contributed by atoms with Gasteiger partial charge < -0.3 is 19.5 Å². The van der Waals surface area contributed by atoms with Crippen molar-refractivity contribution in [3.63, 3.8) is 0 Å². The molecule has 7 nitrogen and oxygen atoms in total. The van der Waals surface area contributed by atoms with E-state index in [1.807, 2.05) is 31.1 Å². The van der Waals surface area contributed by atoms with E-state index < -0.39 is 23.5 Å². The molecule has 3 aromatic rings. The van der Waals surface area contributed by atoms with E-state index in [0.29, 0.717) is 17.0 Å². The largest absolute Gasteiger partial charge is 0.507 e. The second-order valence-electron chi connectivity index (χ2n) is 8.44. The molecule has 10 heteroatoms. The van der Waals surface area contributed by atoms with Crippen molar-refractivity contribution in [2.45, 2.75) is 6.04 Å². The van der Waals surface area contributed by atoms with Crippen LogP contribution < -0.4 is 19.3 Å². The van der Waals surface area contributed by atoms with Crippen molar-refractivity contribution in [3.05, 3.63) is 86.4 Å². The van der Waals surface area contributed by atoms with Gasteiger partial charge in [-0.1, -0.05) is 46.9 Å². The number of benzene rings is 3. The maximum atomic E-state index is 13.5. The zero-order chi connectivity index (χ0) is 27.0. The van der Waals surface area contributed by atoms with Crippen LogP contribution in [0.25, 0.3) is 5.76 Å². The zero-order valence-corrected chi connectivity index (χ0v) is 22.6. The minimum absolute atomic E-state index is 0.0840. The molecule has 1 aliphatic heterocycles. The summed E-state index contributed by atoms with van der Waals surface area (Å²) in [5.41, 5.74) is 1.79. The van der Waals surface area contributed by atoms with Crippen LogP contribution in [0.4, 0.5) is 11.4 Å². The van der Waals surface area contributed by atoms with E-state index in [1.54, 1.807) is 24.3 Å². The molecule has 4 rings (SSSR count). The number of hydrogen-bond donors (Lipinski definition) is 1. The lowest BCUT2D eigenvalue weighted by Crippen LogP contribution is -2.29. The van der Waals surface area contributed by atoms with Gasteiger partial charge in [-0.25, -0.2) is 0 Å². The fraction of sp³-hybridized carbons (Fsp3) is 0.185. The Morgan fingerprint density at radius 2 is 1.59 bits per heavy atom. The summed E-state index contributed by atoms with van der Waals surface area (Å²) in [6, 6.07) is 13.9. The summed E-state index contributed by atoms with van der Waals surface area (Å²) in [5.74, 6) is -1.67. The number of ketones is 1. The zero-order valence-electron chi connectivity index (χ0n) is 20.4. The molecule has 0 radical (unpaired) electrons. The van der Waals surface area contributed by atoms with Gasteiger partial charge in [0.05, 0.1) is 41.4 Å². The molecular formula is C27H23Cl3N2O5. The normalized spacial score (nSPS) is 16.7. The second kappa shape index (κ2) is 10.5. The maximum Gasteiger partial charge on any atom is 0.300 e. The fourth-order valence-corrected chi connectivity index (χ4v) is 5.09. The Labute approximate surface area is 229 Å². The average Bonchev–Trinajstić information content (AvgIpc) is 3.13. The van der Waals surface area contributed by atoms with Crippen LogP contribution in [-0.2, 0) is 9.59 Å². The number of carbonyl (C=O) groups is 2. The van der Waals surface area contributed by atoms with Gasteiger partial charge in [0.2, 0.25) is 0 Å². The highest BCUT2D eigenvalue weighted by molar-refractivity contribution is 6.52. The van der Waals surface area contributed by atoms with Gasteiger partial charge in [-0.2, -0.15) is 0 Å². The Balaban J connectivity index is 1.99. The first kappa shape index (κ1) is 26.7. The van der Waals surface area contributed by atoms with E-state index in [4.69, 9.17) is 44.3 Å². The maximum absolute atomic E-state index is 13.5. The van der Waals surface area contributed by atoms with Crippen molar-refractivity contribution >= 4 is 63.6 Å². The number of Topliss-reactive ketones (excluding diaryl/α,β-unsaturated/α-hetero) is 1. The monoisotopic (exact) mass is 560 g/mol. The predicted octanol–water partition coefficient (Wildman–Crippen LogP) is 6.36. The highest BCUT2D eigenvalue weighted by Crippen LogP contribution is 2.46. The molecule has 3 aromatic carbocycles. The van der Waals surface area contributed by atoms with Crippen LogP contribution in [0.2, 0.25) is 15.1 Å². The van der Waals surface area contributed by atoms with E-state index in [9.17, 15) is 14.7 Å². The van der Waals surface area contributed by atoms with Crippen molar-refractivity contribution < 1.29 is 24.2 Å². The number of hydrogen-bond acceptors (Lipinski definition) is 6. The van der Waals surface area contributed by atoms with E-state index in [-0.39, 0.29) is 32.0 Å². The molecule has 1 amide bonds. The predicted molar refractivity (Wildman–Crippen MR) is 147 cm³/mol. The van der Waals surface area contributed by atoms with Crippen molar-refractivity contribution in [2.24, 2.45) is 0 Å². The topological polar surface area (TPSA) is 79.3 Å². The SMILES string of the molecule is COc1ccc(N2C(=O)C(=O)/C(=C(/O)c3cc(Cl)cc(Cl)c3OC)C2c2ccc(N(C)C)cc2)cc1Cl. The quantitative estimate of drug-likeness (QED) is 0.214. The molecule has 0 spiro atoms. The van der Waals surface area contributed by atoms with Crippen LogP contribution in [0.3, 0.4) is 0 Å². The molecule has 1 heterocycles. The molecule has 0 aromatic heterocycles. The summed E-state index contributed by atoms with van der Waals surface area (Å²) in [5, 5.41) is 12.1. The Morgan fingerprint density at radius 1 is 0.919 bits per heavy atom. The number of ether oxygens (including phenoxy) is 2. The minimum atomic E-state index is -0.983. The Kier molecular flexibility index (Phi) is 7.59. The van der Waals surface area contributed by atoms with Crippen LogP contribution in [0.1, 0.15) is 17.2 Å². The first-order valence-corrected chi connectivity index (χ1v) is 12.2. The Bertz CT molecular complexity index is 1420. The molecule has 0 saturated carbocycles. The van der Waals surface area contributed by atoms with E-state index in [0.717, 1.165) is 5.69 Å². The molecule has 192 valence electrons. The summed E-state index contributed by atoms with van der Waals surface area (Å²) in [4.78, 5) is 30.1. The van der Waals surface area contributed by atoms with Crippen molar-refractivity contribution in [3.8, 4) is 11.5 Å². The van der Waals surface area contributed by atoms with Gasteiger partial charge in [-0.05, 0) is 48.0 Å². The molecule has 0 bridgehead atoms. The number of aliphatic hydroxyl groups is 1. The van der Waals surface area contributed by atoms with E-state index in [2.05, 4.69) is 0 Å². The lowest BCUT2D eigenvalue weighted by molar-refractivity contribution is -0.132. The third kappa shape index (κ3) is 4.82. The van der Waals surface area contributed by atoms with Crippen molar-refractivity contribution in [1.29, 1.82) is 0 Å². The molecule has 1 fully saturated rings. The average molecular weight is 562 g/mol. The van der Waals surface area contributed by atoms with Crippen LogP contribution in [0, 0.1) is 0 Å².